The van der Waals surface area contributed by atoms with Gasteiger partial charge in [0.2, 0.25) is 0 Å². The van der Waals surface area contributed by atoms with E-state index >= 15 is 0 Å². The molecule has 0 radical (unpaired) electrons. The minimum absolute atomic E-state index is 0.173. The Morgan fingerprint density at radius 3 is 2.50 bits per heavy atom. The Balaban J connectivity index is 2.12. The standard InChI is InChI=1S/C12H19BNO2/c1-9-10(2)16-13(15-9)12-7-5-6-11(12)8-14(3)4/h5-7,9-10H,8H2,1-4H3/q-1/t9-,10-/m1/s1. The first-order valence-electron chi connectivity index (χ1n) is 5.78. The molecule has 16 heavy (non-hydrogen) atoms. The van der Waals surface area contributed by atoms with E-state index in [4.69, 9.17) is 9.31 Å². The number of hydrogen-bond acceptors (Lipinski definition) is 3. The summed E-state index contributed by atoms with van der Waals surface area (Å²) >= 11 is 0. The van der Waals surface area contributed by atoms with E-state index in [9.17, 15) is 0 Å². The summed E-state index contributed by atoms with van der Waals surface area (Å²) in [5, 5.41) is 0. The molecule has 0 amide bonds. The molecule has 2 atom stereocenters. The number of rotatable bonds is 3. The Kier molecular flexibility index (Phi) is 3.43. The van der Waals surface area contributed by atoms with Gasteiger partial charge in [0.05, 0.1) is 12.2 Å². The Morgan fingerprint density at radius 2 is 1.94 bits per heavy atom. The first-order chi connectivity index (χ1) is 7.58. The van der Waals surface area contributed by atoms with Gasteiger partial charge in [-0.25, -0.2) is 6.07 Å². The predicted molar refractivity (Wildman–Crippen MR) is 65.9 cm³/mol. The molecular weight excluding hydrogens is 201 g/mol. The van der Waals surface area contributed by atoms with Crippen molar-refractivity contribution in [2.45, 2.75) is 32.6 Å². The van der Waals surface area contributed by atoms with Crippen LogP contribution in [0.3, 0.4) is 0 Å². The Hall–Kier alpha value is -0.705. The molecule has 1 saturated heterocycles. The first kappa shape index (κ1) is 11.8. The van der Waals surface area contributed by atoms with Crippen LogP contribution in [0.4, 0.5) is 0 Å². The van der Waals surface area contributed by atoms with Crippen molar-refractivity contribution in [2.24, 2.45) is 0 Å². The van der Waals surface area contributed by atoms with Crippen molar-refractivity contribution in [1.29, 1.82) is 0 Å². The van der Waals surface area contributed by atoms with Crippen LogP contribution in [0.1, 0.15) is 19.4 Å². The fourth-order valence-corrected chi connectivity index (χ4v) is 1.98. The van der Waals surface area contributed by atoms with Gasteiger partial charge in [0.1, 0.15) is 0 Å². The van der Waals surface area contributed by atoms with E-state index in [2.05, 4.69) is 51.0 Å². The zero-order chi connectivity index (χ0) is 11.7. The lowest BCUT2D eigenvalue weighted by Crippen LogP contribution is -2.35. The Morgan fingerprint density at radius 1 is 1.31 bits per heavy atom. The van der Waals surface area contributed by atoms with Crippen LogP contribution in [-0.2, 0) is 15.9 Å². The maximum Gasteiger partial charge on any atom is 0.407 e. The lowest BCUT2D eigenvalue weighted by atomic mass is 9.78. The molecule has 1 aliphatic heterocycles. The van der Waals surface area contributed by atoms with Gasteiger partial charge in [0.25, 0.3) is 0 Å². The fraction of sp³-hybridized carbons (Fsp3) is 0.583. The van der Waals surface area contributed by atoms with Gasteiger partial charge in [0, 0.05) is 0 Å². The van der Waals surface area contributed by atoms with Crippen LogP contribution < -0.4 is 5.46 Å². The molecule has 0 spiro atoms. The number of hydrogen-bond donors (Lipinski definition) is 0. The quantitative estimate of drug-likeness (QED) is 0.560. The van der Waals surface area contributed by atoms with Gasteiger partial charge in [-0.1, -0.05) is 0 Å². The van der Waals surface area contributed by atoms with Crippen molar-refractivity contribution in [2.75, 3.05) is 14.1 Å². The summed E-state index contributed by atoms with van der Waals surface area (Å²) in [6.07, 6.45) is 0.346. The van der Waals surface area contributed by atoms with Gasteiger partial charge in [-0.2, -0.15) is 23.2 Å². The minimum atomic E-state index is -0.185. The molecule has 1 fully saturated rings. The summed E-state index contributed by atoms with van der Waals surface area (Å²) in [6, 6.07) is 6.29. The largest absolute Gasteiger partial charge is 0.413 e. The summed E-state index contributed by atoms with van der Waals surface area (Å²) < 4.78 is 11.6. The third-order valence-electron chi connectivity index (χ3n) is 3.02. The molecule has 0 saturated carbocycles. The van der Waals surface area contributed by atoms with E-state index in [0.29, 0.717) is 0 Å². The Labute approximate surface area is 97.8 Å². The molecule has 1 heterocycles. The van der Waals surface area contributed by atoms with E-state index in [1.807, 2.05) is 0 Å². The van der Waals surface area contributed by atoms with Crippen LogP contribution in [0.5, 0.6) is 0 Å². The molecule has 1 aliphatic rings. The maximum atomic E-state index is 5.80. The molecule has 0 aliphatic carbocycles. The zero-order valence-corrected chi connectivity index (χ0v) is 10.4. The van der Waals surface area contributed by atoms with Crippen molar-refractivity contribution in [3.8, 4) is 0 Å². The molecule has 0 N–H and O–H groups in total. The lowest BCUT2D eigenvalue weighted by molar-refractivity contribution is 0.187. The number of nitrogens with zero attached hydrogens (tertiary/aromatic N) is 1. The summed E-state index contributed by atoms with van der Waals surface area (Å²) in [4.78, 5) is 2.15. The topological polar surface area (TPSA) is 21.7 Å². The van der Waals surface area contributed by atoms with Crippen molar-refractivity contribution < 1.29 is 9.31 Å². The third-order valence-corrected chi connectivity index (χ3v) is 3.02. The molecule has 0 bridgehead atoms. The van der Waals surface area contributed by atoms with Gasteiger partial charge in [-0.15, -0.1) is 0 Å². The molecular formula is C12H19BNO2-. The molecule has 88 valence electrons. The van der Waals surface area contributed by atoms with Crippen LogP contribution in [0.2, 0.25) is 0 Å². The van der Waals surface area contributed by atoms with E-state index < -0.39 is 0 Å². The molecule has 0 unspecified atom stereocenters. The van der Waals surface area contributed by atoms with Gasteiger partial charge in [-0.3, -0.25) is 0 Å². The van der Waals surface area contributed by atoms with Crippen molar-refractivity contribution in [3.63, 3.8) is 0 Å². The highest BCUT2D eigenvalue weighted by molar-refractivity contribution is 6.62. The van der Waals surface area contributed by atoms with Gasteiger partial charge in [0.15, 0.2) is 0 Å². The van der Waals surface area contributed by atoms with Crippen molar-refractivity contribution in [3.05, 3.63) is 23.8 Å². The summed E-state index contributed by atoms with van der Waals surface area (Å²) in [6.45, 7) is 5.03. The smallest absolute Gasteiger partial charge is 0.407 e. The van der Waals surface area contributed by atoms with E-state index in [0.717, 1.165) is 6.54 Å². The van der Waals surface area contributed by atoms with Crippen LogP contribution in [-0.4, -0.2) is 38.3 Å². The zero-order valence-electron chi connectivity index (χ0n) is 10.4. The van der Waals surface area contributed by atoms with E-state index in [1.54, 1.807) is 0 Å². The minimum Gasteiger partial charge on any atom is -0.413 e. The second-order valence-electron chi connectivity index (χ2n) is 4.76. The average Bonchev–Trinajstić information content (AvgIpc) is 2.74. The van der Waals surface area contributed by atoms with Crippen LogP contribution in [0, 0.1) is 0 Å². The van der Waals surface area contributed by atoms with Crippen LogP contribution in [0.25, 0.3) is 0 Å². The second-order valence-corrected chi connectivity index (χ2v) is 4.76. The summed E-state index contributed by atoms with van der Waals surface area (Å²) in [7, 11) is 3.95. The molecule has 2 rings (SSSR count). The molecule has 0 aromatic heterocycles. The highest BCUT2D eigenvalue weighted by Crippen LogP contribution is 2.17. The molecule has 3 nitrogen and oxygen atoms in total. The van der Waals surface area contributed by atoms with E-state index in [1.165, 1.54) is 11.0 Å². The normalized spacial score (nSPS) is 25.7. The highest BCUT2D eigenvalue weighted by atomic mass is 16.7. The average molecular weight is 220 g/mol. The van der Waals surface area contributed by atoms with Gasteiger partial charge in [-0.05, 0) is 34.5 Å². The maximum absolute atomic E-state index is 5.80. The van der Waals surface area contributed by atoms with E-state index in [-0.39, 0.29) is 19.3 Å². The van der Waals surface area contributed by atoms with Crippen LogP contribution in [0.15, 0.2) is 18.2 Å². The monoisotopic (exact) mass is 220 g/mol. The summed E-state index contributed by atoms with van der Waals surface area (Å²) in [5.41, 5.74) is 2.46. The fourth-order valence-electron chi connectivity index (χ4n) is 1.98. The van der Waals surface area contributed by atoms with Gasteiger partial charge < -0.3 is 14.2 Å². The molecule has 4 heteroatoms. The molecule has 1 aromatic rings. The van der Waals surface area contributed by atoms with Crippen LogP contribution >= 0.6 is 0 Å². The Bertz CT molecular complexity index is 341. The SMILES string of the molecule is C[C@H]1OB(c2cc[cH-]c2CN(C)C)O[C@@H]1C. The highest BCUT2D eigenvalue weighted by Gasteiger charge is 2.32. The predicted octanol–water partition coefficient (Wildman–Crippen LogP) is 0.986. The van der Waals surface area contributed by atoms with Crippen molar-refractivity contribution in [1.82, 2.24) is 4.90 Å². The van der Waals surface area contributed by atoms with Gasteiger partial charge >= 0.3 is 7.12 Å². The first-order valence-corrected chi connectivity index (χ1v) is 5.78. The summed E-state index contributed by atoms with van der Waals surface area (Å²) in [5.74, 6) is 0. The third kappa shape index (κ3) is 2.34. The second kappa shape index (κ2) is 4.66. The molecule has 1 aromatic carbocycles. The lowest BCUT2D eigenvalue weighted by Gasteiger charge is -2.18. The van der Waals surface area contributed by atoms with Crippen molar-refractivity contribution >= 4 is 12.6 Å².